The zero-order valence-electron chi connectivity index (χ0n) is 12.6. The molecule has 7 heteroatoms. The molecule has 0 spiro atoms. The van der Waals surface area contributed by atoms with Crippen LogP contribution in [-0.4, -0.2) is 50.5 Å². The van der Waals surface area contributed by atoms with Crippen molar-refractivity contribution in [2.45, 2.75) is 18.7 Å². The average molecular weight is 332 g/mol. The highest BCUT2D eigenvalue weighted by atomic mass is 32.2. The van der Waals surface area contributed by atoms with Crippen molar-refractivity contribution < 1.29 is 13.2 Å². The molecule has 0 heterocycles. The number of nitrogen functional groups attached to an aromatic ring is 1. The van der Waals surface area contributed by atoms with Gasteiger partial charge in [0.15, 0.2) is 0 Å². The Morgan fingerprint density at radius 3 is 2.62 bits per heavy atom. The Labute approximate surface area is 131 Å². The number of ether oxygens (including phenoxy) is 1. The molecule has 0 aromatic heterocycles. The van der Waals surface area contributed by atoms with Crippen molar-refractivity contribution in [3.05, 3.63) is 24.3 Å². The van der Waals surface area contributed by atoms with Crippen LogP contribution >= 0.6 is 11.8 Å². The van der Waals surface area contributed by atoms with Gasteiger partial charge in [-0.1, -0.05) is 19.1 Å². The standard InChI is InChI=1S/C14H24N2O3S2/c1-3-16(9-10-19-4-2)21(17,18)12-11-20-14-8-6-5-7-13(14)15/h5-8H,3-4,9-12,15H2,1-2H3. The van der Waals surface area contributed by atoms with Crippen molar-refractivity contribution in [3.63, 3.8) is 0 Å². The molecule has 0 radical (unpaired) electrons. The number of para-hydroxylation sites is 1. The summed E-state index contributed by atoms with van der Waals surface area (Å²) in [5.41, 5.74) is 6.52. The maximum absolute atomic E-state index is 12.3. The first-order valence-corrected chi connectivity index (χ1v) is 9.63. The summed E-state index contributed by atoms with van der Waals surface area (Å²) in [6.07, 6.45) is 0. The van der Waals surface area contributed by atoms with Gasteiger partial charge in [-0.15, -0.1) is 11.8 Å². The number of nitrogens with two attached hydrogens (primary N) is 1. The monoisotopic (exact) mass is 332 g/mol. The van der Waals surface area contributed by atoms with Gasteiger partial charge in [-0.2, -0.15) is 4.31 Å². The third-order valence-electron chi connectivity index (χ3n) is 2.95. The quantitative estimate of drug-likeness (QED) is 0.403. The highest BCUT2D eigenvalue weighted by Gasteiger charge is 2.19. The Morgan fingerprint density at radius 2 is 2.00 bits per heavy atom. The molecule has 0 aliphatic heterocycles. The lowest BCUT2D eigenvalue weighted by atomic mass is 10.3. The molecule has 0 saturated heterocycles. The Bertz CT molecular complexity index is 521. The average Bonchev–Trinajstić information content (AvgIpc) is 2.45. The zero-order chi connectivity index (χ0) is 15.7. The zero-order valence-corrected chi connectivity index (χ0v) is 14.3. The van der Waals surface area contributed by atoms with Crippen LogP contribution in [-0.2, 0) is 14.8 Å². The second-order valence-corrected chi connectivity index (χ2v) is 7.62. The fraction of sp³-hybridized carbons (Fsp3) is 0.571. The van der Waals surface area contributed by atoms with Crippen LogP contribution in [0.3, 0.4) is 0 Å². The Kier molecular flexibility index (Phi) is 8.10. The van der Waals surface area contributed by atoms with Crippen molar-refractivity contribution in [1.29, 1.82) is 0 Å². The van der Waals surface area contributed by atoms with Gasteiger partial charge < -0.3 is 10.5 Å². The fourth-order valence-corrected chi connectivity index (χ4v) is 4.61. The predicted octanol–water partition coefficient (Wildman–Crippen LogP) is 2.05. The number of anilines is 1. The summed E-state index contributed by atoms with van der Waals surface area (Å²) in [5, 5.41) is 0. The fourth-order valence-electron chi connectivity index (χ4n) is 1.80. The smallest absolute Gasteiger partial charge is 0.214 e. The first-order valence-electron chi connectivity index (χ1n) is 7.04. The van der Waals surface area contributed by atoms with Gasteiger partial charge in [0.25, 0.3) is 0 Å². The molecule has 0 unspecified atom stereocenters. The summed E-state index contributed by atoms with van der Waals surface area (Å²) in [6.45, 7) is 5.64. The van der Waals surface area contributed by atoms with E-state index in [9.17, 15) is 8.42 Å². The number of hydrogen-bond acceptors (Lipinski definition) is 5. The minimum atomic E-state index is -3.24. The largest absolute Gasteiger partial charge is 0.398 e. The lowest BCUT2D eigenvalue weighted by molar-refractivity contribution is 0.135. The van der Waals surface area contributed by atoms with E-state index in [4.69, 9.17) is 10.5 Å². The number of rotatable bonds is 10. The summed E-state index contributed by atoms with van der Waals surface area (Å²) < 4.78 is 31.2. The van der Waals surface area contributed by atoms with E-state index < -0.39 is 10.0 Å². The highest BCUT2D eigenvalue weighted by molar-refractivity contribution is 8.00. The van der Waals surface area contributed by atoms with Gasteiger partial charge in [-0.3, -0.25) is 0 Å². The van der Waals surface area contributed by atoms with Crippen LogP contribution in [0, 0.1) is 0 Å². The van der Waals surface area contributed by atoms with E-state index >= 15 is 0 Å². The van der Waals surface area contributed by atoms with Gasteiger partial charge in [-0.05, 0) is 19.1 Å². The first-order chi connectivity index (χ1) is 10.0. The Morgan fingerprint density at radius 1 is 1.29 bits per heavy atom. The number of nitrogens with zero attached hydrogens (tertiary/aromatic N) is 1. The van der Waals surface area contributed by atoms with E-state index in [1.54, 1.807) is 0 Å². The summed E-state index contributed by atoms with van der Waals surface area (Å²) in [5.74, 6) is 0.591. The lowest BCUT2D eigenvalue weighted by Gasteiger charge is -2.20. The molecule has 0 amide bonds. The van der Waals surface area contributed by atoms with E-state index in [0.29, 0.717) is 37.7 Å². The third kappa shape index (κ3) is 6.25. The maximum Gasteiger partial charge on any atom is 0.214 e. The van der Waals surface area contributed by atoms with Crippen LogP contribution in [0.4, 0.5) is 5.69 Å². The molecule has 120 valence electrons. The van der Waals surface area contributed by atoms with E-state index in [2.05, 4.69) is 0 Å². The van der Waals surface area contributed by atoms with Crippen LogP contribution in [0.5, 0.6) is 0 Å². The van der Waals surface area contributed by atoms with E-state index in [0.717, 1.165) is 4.90 Å². The second-order valence-electron chi connectivity index (χ2n) is 4.39. The van der Waals surface area contributed by atoms with Gasteiger partial charge in [0.2, 0.25) is 10.0 Å². The maximum atomic E-state index is 12.3. The molecular formula is C14H24N2O3S2. The summed E-state index contributed by atoms with van der Waals surface area (Å²) in [4.78, 5) is 0.921. The second kappa shape index (κ2) is 9.30. The van der Waals surface area contributed by atoms with Crippen molar-refractivity contribution in [2.75, 3.05) is 43.5 Å². The molecule has 0 atom stereocenters. The molecule has 0 aliphatic carbocycles. The Balaban J connectivity index is 2.49. The van der Waals surface area contributed by atoms with Crippen molar-refractivity contribution in [2.24, 2.45) is 0 Å². The topological polar surface area (TPSA) is 72.6 Å². The molecule has 1 aromatic carbocycles. The summed E-state index contributed by atoms with van der Waals surface area (Å²) >= 11 is 1.47. The van der Waals surface area contributed by atoms with Crippen LogP contribution in [0.1, 0.15) is 13.8 Å². The van der Waals surface area contributed by atoms with Crippen molar-refractivity contribution in [3.8, 4) is 0 Å². The molecule has 2 N–H and O–H groups in total. The van der Waals surface area contributed by atoms with E-state index in [-0.39, 0.29) is 5.75 Å². The molecular weight excluding hydrogens is 308 g/mol. The van der Waals surface area contributed by atoms with Gasteiger partial charge in [0, 0.05) is 36.0 Å². The van der Waals surface area contributed by atoms with Crippen LogP contribution in [0.2, 0.25) is 0 Å². The molecule has 0 saturated carbocycles. The third-order valence-corrected chi connectivity index (χ3v) is 6.25. The molecule has 0 aliphatic rings. The number of sulfonamides is 1. The number of likely N-dealkylation sites (N-methyl/N-ethyl adjacent to an activating group) is 1. The number of thioether (sulfide) groups is 1. The van der Waals surface area contributed by atoms with Crippen LogP contribution < -0.4 is 5.73 Å². The normalized spacial score (nSPS) is 12.0. The minimum Gasteiger partial charge on any atom is -0.398 e. The van der Waals surface area contributed by atoms with E-state index in [1.165, 1.54) is 16.1 Å². The first kappa shape index (κ1) is 18.3. The number of hydrogen-bond donors (Lipinski definition) is 1. The molecule has 0 bridgehead atoms. The molecule has 21 heavy (non-hydrogen) atoms. The molecule has 0 fully saturated rings. The van der Waals surface area contributed by atoms with Gasteiger partial charge in [0.1, 0.15) is 0 Å². The van der Waals surface area contributed by atoms with Gasteiger partial charge >= 0.3 is 0 Å². The van der Waals surface area contributed by atoms with Crippen LogP contribution in [0.25, 0.3) is 0 Å². The van der Waals surface area contributed by atoms with E-state index in [1.807, 2.05) is 38.1 Å². The van der Waals surface area contributed by atoms with Gasteiger partial charge in [0.05, 0.1) is 12.4 Å². The molecule has 1 rings (SSSR count). The van der Waals surface area contributed by atoms with Crippen LogP contribution in [0.15, 0.2) is 29.2 Å². The van der Waals surface area contributed by atoms with Gasteiger partial charge in [-0.25, -0.2) is 8.42 Å². The number of benzene rings is 1. The summed E-state index contributed by atoms with van der Waals surface area (Å²) in [7, 11) is -3.24. The van der Waals surface area contributed by atoms with Crippen molar-refractivity contribution >= 4 is 27.5 Å². The SMILES string of the molecule is CCOCCN(CC)S(=O)(=O)CCSc1ccccc1N. The van der Waals surface area contributed by atoms with Crippen molar-refractivity contribution in [1.82, 2.24) is 4.31 Å². The Hall–Kier alpha value is -0.760. The molecule has 5 nitrogen and oxygen atoms in total. The highest BCUT2D eigenvalue weighted by Crippen LogP contribution is 2.24. The summed E-state index contributed by atoms with van der Waals surface area (Å²) in [6, 6.07) is 7.48. The molecule has 1 aromatic rings. The predicted molar refractivity (Wildman–Crippen MR) is 89.1 cm³/mol. The lowest BCUT2D eigenvalue weighted by Crippen LogP contribution is -2.36. The minimum absolute atomic E-state index is 0.103.